The lowest BCUT2D eigenvalue weighted by Gasteiger charge is -2.11. The van der Waals surface area contributed by atoms with Crippen LogP contribution in [0.2, 0.25) is 0 Å². The lowest BCUT2D eigenvalue weighted by Crippen LogP contribution is -2.17. The molecular weight excluding hydrogens is 364 g/mol. The van der Waals surface area contributed by atoms with E-state index in [2.05, 4.69) is 30.7 Å². The first kappa shape index (κ1) is 17.3. The molecule has 0 saturated heterocycles. The van der Waals surface area contributed by atoms with E-state index in [4.69, 9.17) is 10.2 Å². The van der Waals surface area contributed by atoms with Gasteiger partial charge < -0.3 is 20.8 Å². The number of oxazole rings is 1. The van der Waals surface area contributed by atoms with Crippen molar-refractivity contribution in [1.29, 1.82) is 0 Å². The third kappa shape index (κ3) is 3.53. The van der Waals surface area contributed by atoms with Gasteiger partial charge in [-0.25, -0.2) is 9.78 Å². The Morgan fingerprint density at radius 2 is 2.21 bits per heavy atom. The fourth-order valence-corrected chi connectivity index (χ4v) is 2.66. The molecule has 4 rings (SSSR count). The van der Waals surface area contributed by atoms with Gasteiger partial charge in [-0.15, -0.1) is 0 Å². The van der Waals surface area contributed by atoms with E-state index in [0.29, 0.717) is 29.1 Å². The molecule has 11 nitrogen and oxygen atoms in total. The number of benzene rings is 1. The molecule has 28 heavy (non-hydrogen) atoms. The minimum Gasteiger partial charge on any atom is -0.408 e. The second kappa shape index (κ2) is 6.87. The highest BCUT2D eigenvalue weighted by atomic mass is 16.4. The Morgan fingerprint density at radius 1 is 1.36 bits per heavy atom. The van der Waals surface area contributed by atoms with Crippen molar-refractivity contribution in [3.05, 3.63) is 58.5 Å². The van der Waals surface area contributed by atoms with Crippen molar-refractivity contribution in [2.75, 3.05) is 10.6 Å². The van der Waals surface area contributed by atoms with E-state index in [0.717, 1.165) is 5.56 Å². The van der Waals surface area contributed by atoms with Gasteiger partial charge in [0.2, 0.25) is 5.95 Å². The second-order valence-electron chi connectivity index (χ2n) is 6.05. The fraction of sp³-hybridized carbons (Fsp3) is 0.118. The van der Waals surface area contributed by atoms with E-state index in [9.17, 15) is 9.59 Å². The number of hydrogen-bond donors (Lipinski definition) is 4. The summed E-state index contributed by atoms with van der Waals surface area (Å²) in [6.07, 6.45) is 4.90. The number of fused-ring (bicyclic) bond motifs is 1. The summed E-state index contributed by atoms with van der Waals surface area (Å²) in [5.74, 6) is -0.621. The number of H-pyrrole nitrogens is 1. The molecule has 3 aromatic heterocycles. The molecule has 0 atom stereocenters. The number of carbonyl (C=O) groups is 1. The molecule has 0 bridgehead atoms. The summed E-state index contributed by atoms with van der Waals surface area (Å²) in [6, 6.07) is 5.05. The van der Waals surface area contributed by atoms with E-state index < -0.39 is 11.7 Å². The standard InChI is InChI=1S/C17H16N8O3/c1-25-8-9(6-21-25)5-19-15-11(14(18)26)7-20-16(24-15)22-10-2-3-13-12(4-10)23-17(27)28-13/h2-4,6-8H,5H2,1H3,(H2,18,26)(H,23,27)(H2,19,20,22,24). The number of anilines is 3. The van der Waals surface area contributed by atoms with Crippen molar-refractivity contribution < 1.29 is 9.21 Å². The summed E-state index contributed by atoms with van der Waals surface area (Å²) in [7, 11) is 1.81. The molecule has 0 spiro atoms. The maximum Gasteiger partial charge on any atom is 0.417 e. The van der Waals surface area contributed by atoms with Crippen LogP contribution in [0, 0.1) is 0 Å². The highest BCUT2D eigenvalue weighted by Crippen LogP contribution is 2.21. The van der Waals surface area contributed by atoms with Crippen LogP contribution in [0.25, 0.3) is 11.1 Å². The Bertz CT molecular complexity index is 1220. The van der Waals surface area contributed by atoms with Gasteiger partial charge in [-0.3, -0.25) is 14.5 Å². The van der Waals surface area contributed by atoms with Gasteiger partial charge in [0.25, 0.3) is 5.91 Å². The van der Waals surface area contributed by atoms with Crippen LogP contribution < -0.4 is 22.1 Å². The minimum atomic E-state index is -0.641. The SMILES string of the molecule is Cn1cc(CNc2nc(Nc3ccc4oc(=O)[nH]c4c3)ncc2C(N)=O)cn1. The molecule has 0 aliphatic carbocycles. The fourth-order valence-electron chi connectivity index (χ4n) is 2.66. The molecule has 0 aliphatic rings. The van der Waals surface area contributed by atoms with Crippen LogP contribution in [0.1, 0.15) is 15.9 Å². The molecule has 0 saturated carbocycles. The number of aromatic amines is 1. The number of amides is 1. The summed E-state index contributed by atoms with van der Waals surface area (Å²) in [4.78, 5) is 34.0. The number of carbonyl (C=O) groups excluding carboxylic acids is 1. The van der Waals surface area contributed by atoms with Gasteiger partial charge in [0.05, 0.1) is 17.3 Å². The lowest BCUT2D eigenvalue weighted by atomic mass is 10.2. The molecule has 1 aromatic carbocycles. The maximum atomic E-state index is 11.7. The Morgan fingerprint density at radius 3 is 2.96 bits per heavy atom. The topological polar surface area (TPSA) is 157 Å². The van der Waals surface area contributed by atoms with Crippen molar-refractivity contribution in [2.24, 2.45) is 12.8 Å². The Balaban J connectivity index is 1.59. The zero-order valence-electron chi connectivity index (χ0n) is 14.8. The van der Waals surface area contributed by atoms with E-state index in [1.54, 1.807) is 29.1 Å². The number of hydrogen-bond acceptors (Lipinski definition) is 8. The molecule has 3 heterocycles. The van der Waals surface area contributed by atoms with Crippen molar-refractivity contribution in [1.82, 2.24) is 24.7 Å². The zero-order valence-corrected chi connectivity index (χ0v) is 14.8. The van der Waals surface area contributed by atoms with E-state index in [-0.39, 0.29) is 11.5 Å². The van der Waals surface area contributed by atoms with Crippen LogP contribution in [0.3, 0.4) is 0 Å². The molecule has 0 fully saturated rings. The first-order valence-electron chi connectivity index (χ1n) is 8.26. The zero-order chi connectivity index (χ0) is 19.7. The van der Waals surface area contributed by atoms with Gasteiger partial charge in [0, 0.05) is 37.2 Å². The summed E-state index contributed by atoms with van der Waals surface area (Å²) in [5.41, 5.74) is 8.12. The molecule has 11 heteroatoms. The van der Waals surface area contributed by atoms with Crippen LogP contribution in [0.4, 0.5) is 17.5 Å². The summed E-state index contributed by atoms with van der Waals surface area (Å²) >= 11 is 0. The predicted molar refractivity (Wildman–Crippen MR) is 101 cm³/mol. The molecule has 1 amide bonds. The van der Waals surface area contributed by atoms with Gasteiger partial charge in [-0.1, -0.05) is 0 Å². The number of nitrogens with two attached hydrogens (primary N) is 1. The van der Waals surface area contributed by atoms with Gasteiger partial charge in [0.1, 0.15) is 5.82 Å². The number of aryl methyl sites for hydroxylation is 1. The maximum absolute atomic E-state index is 11.7. The number of rotatable bonds is 6. The highest BCUT2D eigenvalue weighted by molar-refractivity contribution is 5.97. The average Bonchev–Trinajstić information content (AvgIpc) is 3.23. The molecule has 142 valence electrons. The van der Waals surface area contributed by atoms with Crippen LogP contribution >= 0.6 is 0 Å². The molecule has 5 N–H and O–H groups in total. The van der Waals surface area contributed by atoms with Crippen molar-refractivity contribution >= 4 is 34.5 Å². The Labute approximate surface area is 157 Å². The van der Waals surface area contributed by atoms with Crippen LogP contribution in [-0.2, 0) is 13.6 Å². The Hall–Kier alpha value is -4.15. The van der Waals surface area contributed by atoms with Crippen molar-refractivity contribution in [3.8, 4) is 0 Å². The molecule has 4 aromatic rings. The third-order valence-corrected chi connectivity index (χ3v) is 3.95. The van der Waals surface area contributed by atoms with Crippen LogP contribution in [-0.4, -0.2) is 30.6 Å². The molecule has 0 unspecified atom stereocenters. The summed E-state index contributed by atoms with van der Waals surface area (Å²) in [6.45, 7) is 0.410. The van der Waals surface area contributed by atoms with E-state index in [1.165, 1.54) is 6.20 Å². The van der Waals surface area contributed by atoms with Gasteiger partial charge in [-0.2, -0.15) is 10.1 Å². The van der Waals surface area contributed by atoms with Gasteiger partial charge >= 0.3 is 5.76 Å². The first-order valence-corrected chi connectivity index (χ1v) is 8.26. The summed E-state index contributed by atoms with van der Waals surface area (Å²) < 4.78 is 6.65. The van der Waals surface area contributed by atoms with Crippen LogP contribution in [0.5, 0.6) is 0 Å². The van der Waals surface area contributed by atoms with Crippen LogP contribution in [0.15, 0.2) is 46.0 Å². The third-order valence-electron chi connectivity index (χ3n) is 3.95. The van der Waals surface area contributed by atoms with Gasteiger partial charge in [-0.05, 0) is 18.2 Å². The summed E-state index contributed by atoms with van der Waals surface area (Å²) in [5, 5.41) is 10.2. The number of nitrogens with zero attached hydrogens (tertiary/aromatic N) is 4. The lowest BCUT2D eigenvalue weighted by molar-refractivity contribution is 0.100. The number of nitrogens with one attached hydrogen (secondary N) is 3. The Kier molecular flexibility index (Phi) is 4.24. The minimum absolute atomic E-state index is 0.170. The smallest absolute Gasteiger partial charge is 0.408 e. The molecule has 0 aliphatic heterocycles. The number of primary amides is 1. The normalized spacial score (nSPS) is 10.9. The second-order valence-corrected chi connectivity index (χ2v) is 6.05. The largest absolute Gasteiger partial charge is 0.417 e. The van der Waals surface area contributed by atoms with E-state index in [1.807, 2.05) is 13.2 Å². The van der Waals surface area contributed by atoms with Crippen molar-refractivity contribution in [2.45, 2.75) is 6.54 Å². The highest BCUT2D eigenvalue weighted by Gasteiger charge is 2.13. The van der Waals surface area contributed by atoms with Crippen molar-refractivity contribution in [3.63, 3.8) is 0 Å². The van der Waals surface area contributed by atoms with Gasteiger partial charge in [0.15, 0.2) is 5.58 Å². The molecular formula is C17H16N8O3. The molecule has 0 radical (unpaired) electrons. The predicted octanol–water partition coefficient (Wildman–Crippen LogP) is 1.10. The average molecular weight is 380 g/mol. The number of aromatic nitrogens is 5. The monoisotopic (exact) mass is 380 g/mol. The first-order chi connectivity index (χ1) is 13.5. The quantitative estimate of drug-likeness (QED) is 0.387. The van der Waals surface area contributed by atoms with E-state index >= 15 is 0 Å².